The van der Waals surface area contributed by atoms with Gasteiger partial charge < -0.3 is 9.80 Å². The van der Waals surface area contributed by atoms with Gasteiger partial charge in [-0.15, -0.1) is 0 Å². The van der Waals surface area contributed by atoms with Gasteiger partial charge in [-0.2, -0.15) is 0 Å². The highest BCUT2D eigenvalue weighted by Gasteiger charge is 2.38. The Morgan fingerprint density at radius 3 is 2.58 bits per heavy atom. The van der Waals surface area contributed by atoms with Gasteiger partial charge in [0.25, 0.3) is 0 Å². The van der Waals surface area contributed by atoms with E-state index < -0.39 is 5.92 Å². The SMILES string of the molecule is CCN(CC)CCN(C(=O)C1CC(=O)N(c2ccccc2)C1)c1nc2c(C)c(Cl)ccc2s1. The van der Waals surface area contributed by atoms with Gasteiger partial charge in [0.2, 0.25) is 11.8 Å². The molecular weight excluding hydrogens is 456 g/mol. The minimum Gasteiger partial charge on any atom is -0.312 e. The van der Waals surface area contributed by atoms with E-state index in [1.54, 1.807) is 9.80 Å². The number of thiazole rings is 1. The minimum absolute atomic E-state index is 0.0184. The first kappa shape index (κ1) is 23.7. The zero-order valence-corrected chi connectivity index (χ0v) is 20.8. The van der Waals surface area contributed by atoms with Gasteiger partial charge >= 0.3 is 0 Å². The van der Waals surface area contributed by atoms with Crippen LogP contribution >= 0.6 is 22.9 Å². The van der Waals surface area contributed by atoms with E-state index in [-0.39, 0.29) is 18.2 Å². The van der Waals surface area contributed by atoms with E-state index in [0.29, 0.717) is 23.2 Å². The molecule has 6 nitrogen and oxygen atoms in total. The van der Waals surface area contributed by atoms with E-state index in [9.17, 15) is 9.59 Å². The molecule has 1 aliphatic heterocycles. The lowest BCUT2D eigenvalue weighted by Gasteiger charge is -2.26. The van der Waals surface area contributed by atoms with Gasteiger partial charge in [-0.05, 0) is 49.8 Å². The summed E-state index contributed by atoms with van der Waals surface area (Å²) in [6.45, 7) is 9.68. The van der Waals surface area contributed by atoms with Crippen molar-refractivity contribution in [3.63, 3.8) is 0 Å². The molecule has 0 spiro atoms. The average molecular weight is 485 g/mol. The number of rotatable bonds is 8. The lowest BCUT2D eigenvalue weighted by atomic mass is 10.1. The number of hydrogen-bond acceptors (Lipinski definition) is 5. The normalized spacial score (nSPS) is 16.2. The van der Waals surface area contributed by atoms with Gasteiger partial charge in [-0.25, -0.2) is 4.98 Å². The maximum absolute atomic E-state index is 13.8. The van der Waals surface area contributed by atoms with Crippen molar-refractivity contribution in [1.82, 2.24) is 9.88 Å². The molecule has 0 N–H and O–H groups in total. The number of amides is 2. The number of para-hydroxylation sites is 1. The largest absolute Gasteiger partial charge is 0.312 e. The standard InChI is InChI=1S/C25H29ClN4O2S/c1-4-28(5-2)13-14-29(25-27-23-17(3)20(26)11-12-21(23)33-25)24(32)18-15-22(31)30(16-18)19-9-7-6-8-10-19/h6-12,18H,4-5,13-16H2,1-3H3. The molecule has 0 bridgehead atoms. The summed E-state index contributed by atoms with van der Waals surface area (Å²) in [6.07, 6.45) is 0.214. The smallest absolute Gasteiger partial charge is 0.234 e. The second-order valence-corrected chi connectivity index (χ2v) is 9.69. The number of halogens is 1. The molecule has 1 saturated heterocycles. The molecule has 0 saturated carbocycles. The summed E-state index contributed by atoms with van der Waals surface area (Å²) in [6, 6.07) is 13.4. The van der Waals surface area contributed by atoms with Gasteiger partial charge in [0.05, 0.1) is 16.1 Å². The zero-order valence-electron chi connectivity index (χ0n) is 19.3. The quantitative estimate of drug-likeness (QED) is 0.452. The van der Waals surface area contributed by atoms with Gasteiger partial charge in [0, 0.05) is 36.8 Å². The van der Waals surface area contributed by atoms with Crippen LogP contribution in [0.25, 0.3) is 10.2 Å². The number of aromatic nitrogens is 1. The van der Waals surface area contributed by atoms with Crippen LogP contribution in [-0.4, -0.2) is 54.4 Å². The van der Waals surface area contributed by atoms with Crippen molar-refractivity contribution < 1.29 is 9.59 Å². The molecule has 8 heteroatoms. The van der Waals surface area contributed by atoms with Crippen molar-refractivity contribution in [3.8, 4) is 0 Å². The van der Waals surface area contributed by atoms with E-state index in [1.165, 1.54) is 11.3 Å². The van der Waals surface area contributed by atoms with Crippen LogP contribution in [0, 0.1) is 12.8 Å². The number of anilines is 2. The molecular formula is C25H29ClN4O2S. The first-order chi connectivity index (χ1) is 15.9. The fourth-order valence-electron chi connectivity index (χ4n) is 4.24. The van der Waals surface area contributed by atoms with Crippen molar-refractivity contribution in [1.29, 1.82) is 0 Å². The third-order valence-corrected chi connectivity index (χ3v) is 7.76. The molecule has 1 fully saturated rings. The van der Waals surface area contributed by atoms with Crippen molar-refractivity contribution in [3.05, 3.63) is 53.1 Å². The van der Waals surface area contributed by atoms with E-state index >= 15 is 0 Å². The Morgan fingerprint density at radius 1 is 1.15 bits per heavy atom. The van der Waals surface area contributed by atoms with E-state index in [4.69, 9.17) is 16.6 Å². The third kappa shape index (κ3) is 4.90. The predicted octanol–water partition coefficient (Wildman–Crippen LogP) is 4.99. The van der Waals surface area contributed by atoms with Crippen LogP contribution in [-0.2, 0) is 9.59 Å². The van der Waals surface area contributed by atoms with E-state index in [2.05, 4.69) is 18.7 Å². The van der Waals surface area contributed by atoms with Crippen LogP contribution in [0.4, 0.5) is 10.8 Å². The Kier molecular flexibility index (Phi) is 7.32. The Morgan fingerprint density at radius 2 is 1.88 bits per heavy atom. The zero-order chi connectivity index (χ0) is 23.5. The maximum atomic E-state index is 13.8. The Labute approximate surface area is 203 Å². The van der Waals surface area contributed by atoms with Crippen LogP contribution in [0.2, 0.25) is 5.02 Å². The summed E-state index contributed by atoms with van der Waals surface area (Å²) in [5.41, 5.74) is 2.58. The Bertz CT molecular complexity index is 1150. The van der Waals surface area contributed by atoms with Crippen molar-refractivity contribution >= 4 is 55.8 Å². The molecule has 4 rings (SSSR count). The number of benzene rings is 2. The lowest BCUT2D eigenvalue weighted by molar-refractivity contribution is -0.124. The van der Waals surface area contributed by atoms with E-state index in [1.807, 2.05) is 49.4 Å². The molecule has 1 unspecified atom stereocenters. The summed E-state index contributed by atoms with van der Waals surface area (Å²) < 4.78 is 1.00. The topological polar surface area (TPSA) is 56.8 Å². The van der Waals surface area contributed by atoms with Crippen LogP contribution in [0.15, 0.2) is 42.5 Å². The third-order valence-electron chi connectivity index (χ3n) is 6.31. The molecule has 1 aromatic heterocycles. The molecule has 2 aromatic carbocycles. The highest BCUT2D eigenvalue weighted by Crippen LogP contribution is 2.35. The average Bonchev–Trinajstić information content (AvgIpc) is 3.44. The number of hydrogen-bond donors (Lipinski definition) is 0. The number of carbonyl (C=O) groups is 2. The van der Waals surface area contributed by atoms with Gasteiger partial charge in [0.1, 0.15) is 0 Å². The predicted molar refractivity (Wildman–Crippen MR) is 136 cm³/mol. The van der Waals surface area contributed by atoms with Crippen molar-refractivity contribution in [2.45, 2.75) is 27.2 Å². The van der Waals surface area contributed by atoms with Gasteiger partial charge in [0.15, 0.2) is 5.13 Å². The molecule has 0 aliphatic carbocycles. The summed E-state index contributed by atoms with van der Waals surface area (Å²) >= 11 is 7.81. The fourth-order valence-corrected chi connectivity index (χ4v) is 5.45. The Balaban J connectivity index is 1.63. The first-order valence-electron chi connectivity index (χ1n) is 11.4. The summed E-state index contributed by atoms with van der Waals surface area (Å²) in [5, 5.41) is 1.33. The number of carbonyl (C=O) groups excluding carboxylic acids is 2. The number of aryl methyl sites for hydroxylation is 1. The second kappa shape index (κ2) is 10.2. The molecule has 2 heterocycles. The van der Waals surface area contributed by atoms with Crippen molar-refractivity contribution in [2.75, 3.05) is 42.5 Å². The fraction of sp³-hybridized carbons (Fsp3) is 0.400. The molecule has 3 aromatic rings. The van der Waals surface area contributed by atoms with E-state index in [0.717, 1.165) is 41.1 Å². The summed E-state index contributed by atoms with van der Waals surface area (Å²) in [7, 11) is 0. The second-order valence-electron chi connectivity index (χ2n) is 8.27. The van der Waals surface area contributed by atoms with Crippen LogP contribution in [0.1, 0.15) is 25.8 Å². The van der Waals surface area contributed by atoms with Crippen LogP contribution < -0.4 is 9.80 Å². The van der Waals surface area contributed by atoms with Crippen molar-refractivity contribution in [2.24, 2.45) is 5.92 Å². The molecule has 33 heavy (non-hydrogen) atoms. The molecule has 0 radical (unpaired) electrons. The minimum atomic E-state index is -0.397. The highest BCUT2D eigenvalue weighted by atomic mass is 35.5. The van der Waals surface area contributed by atoms with Crippen LogP contribution in [0.5, 0.6) is 0 Å². The summed E-state index contributed by atoms with van der Waals surface area (Å²) in [5.74, 6) is -0.460. The van der Waals surface area contributed by atoms with Crippen LogP contribution in [0.3, 0.4) is 0 Å². The lowest BCUT2D eigenvalue weighted by Crippen LogP contribution is -2.42. The molecule has 1 aliphatic rings. The first-order valence-corrected chi connectivity index (χ1v) is 12.6. The molecule has 2 amide bonds. The summed E-state index contributed by atoms with van der Waals surface area (Å²) in [4.78, 5) is 37.1. The molecule has 1 atom stereocenters. The molecule has 174 valence electrons. The Hall–Kier alpha value is -2.48. The van der Waals surface area contributed by atoms with Gasteiger partial charge in [-0.1, -0.05) is 55.0 Å². The number of nitrogens with zero attached hydrogens (tertiary/aromatic N) is 4. The monoisotopic (exact) mass is 484 g/mol. The maximum Gasteiger partial charge on any atom is 0.234 e. The highest BCUT2D eigenvalue weighted by molar-refractivity contribution is 7.22. The van der Waals surface area contributed by atoms with Gasteiger partial charge in [-0.3, -0.25) is 14.5 Å². The number of likely N-dealkylation sites (N-methyl/N-ethyl adjacent to an activating group) is 1. The number of fused-ring (bicyclic) bond motifs is 1.